The Morgan fingerprint density at radius 3 is 2.63 bits per heavy atom. The molecule has 1 atom stereocenters. The zero-order chi connectivity index (χ0) is 13.8. The Morgan fingerprint density at radius 2 is 2.00 bits per heavy atom. The lowest BCUT2D eigenvalue weighted by Crippen LogP contribution is -2.27. The van der Waals surface area contributed by atoms with Crippen molar-refractivity contribution in [3.8, 4) is 0 Å². The van der Waals surface area contributed by atoms with Crippen molar-refractivity contribution in [3.63, 3.8) is 0 Å². The maximum Gasteiger partial charge on any atom is 0.270 e. The van der Waals surface area contributed by atoms with Crippen LogP contribution in [0.1, 0.15) is 29.0 Å². The minimum absolute atomic E-state index is 0.196. The molecule has 2 aromatic rings. The standard InChI is InChI=1S/C13H13FN4O/c1-8(9-2-4-10(14)5-3-9)18-13(19)11-6-12(15)17-7-16-11/h2-8H,1H3,(H,18,19)(H2,15,16,17). The van der Waals surface area contributed by atoms with Crippen molar-refractivity contribution >= 4 is 11.7 Å². The van der Waals surface area contributed by atoms with Gasteiger partial charge in [0.2, 0.25) is 0 Å². The van der Waals surface area contributed by atoms with E-state index in [0.29, 0.717) is 0 Å². The first-order valence-corrected chi connectivity index (χ1v) is 5.70. The average molecular weight is 260 g/mol. The van der Waals surface area contributed by atoms with Crippen LogP contribution in [0.2, 0.25) is 0 Å². The first-order valence-electron chi connectivity index (χ1n) is 5.70. The number of nitrogens with two attached hydrogens (primary N) is 1. The molecule has 6 heteroatoms. The fraction of sp³-hybridized carbons (Fsp3) is 0.154. The molecule has 3 N–H and O–H groups in total. The van der Waals surface area contributed by atoms with Gasteiger partial charge < -0.3 is 11.1 Å². The van der Waals surface area contributed by atoms with Crippen LogP contribution < -0.4 is 11.1 Å². The number of hydrogen-bond acceptors (Lipinski definition) is 4. The zero-order valence-electron chi connectivity index (χ0n) is 10.3. The highest BCUT2D eigenvalue weighted by Gasteiger charge is 2.12. The van der Waals surface area contributed by atoms with Crippen LogP contribution >= 0.6 is 0 Å². The van der Waals surface area contributed by atoms with E-state index >= 15 is 0 Å². The normalized spacial score (nSPS) is 11.9. The van der Waals surface area contributed by atoms with Crippen LogP contribution in [0.5, 0.6) is 0 Å². The van der Waals surface area contributed by atoms with Gasteiger partial charge >= 0.3 is 0 Å². The van der Waals surface area contributed by atoms with Gasteiger partial charge in [-0.1, -0.05) is 12.1 Å². The average Bonchev–Trinajstić information content (AvgIpc) is 2.39. The summed E-state index contributed by atoms with van der Waals surface area (Å²) in [4.78, 5) is 19.5. The molecule has 1 aromatic carbocycles. The van der Waals surface area contributed by atoms with Gasteiger partial charge in [-0.15, -0.1) is 0 Å². The summed E-state index contributed by atoms with van der Waals surface area (Å²) in [5.74, 6) is -0.439. The third-order valence-corrected chi connectivity index (χ3v) is 2.64. The fourth-order valence-corrected chi connectivity index (χ4v) is 1.60. The third-order valence-electron chi connectivity index (χ3n) is 2.64. The van der Waals surface area contributed by atoms with Gasteiger partial charge in [0.15, 0.2) is 0 Å². The largest absolute Gasteiger partial charge is 0.384 e. The summed E-state index contributed by atoms with van der Waals surface area (Å²) in [6, 6.07) is 7.07. The van der Waals surface area contributed by atoms with E-state index in [0.717, 1.165) is 5.56 Å². The Labute approximate surface area is 109 Å². The summed E-state index contributed by atoms with van der Waals surface area (Å²) in [6.45, 7) is 1.80. The highest BCUT2D eigenvalue weighted by atomic mass is 19.1. The van der Waals surface area contributed by atoms with Gasteiger partial charge in [-0.2, -0.15) is 0 Å². The third kappa shape index (κ3) is 3.25. The van der Waals surface area contributed by atoms with Gasteiger partial charge in [-0.25, -0.2) is 14.4 Å². The predicted octanol–water partition coefficient (Wildman–Crippen LogP) is 1.69. The van der Waals surface area contributed by atoms with E-state index in [1.807, 2.05) is 0 Å². The van der Waals surface area contributed by atoms with Crippen molar-refractivity contribution in [1.82, 2.24) is 15.3 Å². The van der Waals surface area contributed by atoms with Gasteiger partial charge in [0.05, 0.1) is 6.04 Å². The van der Waals surface area contributed by atoms with E-state index in [1.165, 1.54) is 24.5 Å². The number of carbonyl (C=O) groups is 1. The molecular weight excluding hydrogens is 247 g/mol. The van der Waals surface area contributed by atoms with Crippen molar-refractivity contribution in [2.75, 3.05) is 5.73 Å². The van der Waals surface area contributed by atoms with Crippen LogP contribution in [-0.2, 0) is 0 Å². The Hall–Kier alpha value is -2.50. The van der Waals surface area contributed by atoms with Crippen molar-refractivity contribution in [2.24, 2.45) is 0 Å². The summed E-state index contributed by atoms with van der Waals surface area (Å²) in [5, 5.41) is 2.75. The van der Waals surface area contributed by atoms with Crippen LogP contribution in [0.4, 0.5) is 10.2 Å². The predicted molar refractivity (Wildman–Crippen MR) is 68.7 cm³/mol. The molecule has 5 nitrogen and oxygen atoms in total. The molecule has 1 unspecified atom stereocenters. The Balaban J connectivity index is 2.08. The monoisotopic (exact) mass is 260 g/mol. The van der Waals surface area contributed by atoms with Crippen LogP contribution in [0.25, 0.3) is 0 Å². The molecule has 2 rings (SSSR count). The molecule has 1 aromatic heterocycles. The van der Waals surface area contributed by atoms with E-state index in [-0.39, 0.29) is 29.3 Å². The highest BCUT2D eigenvalue weighted by Crippen LogP contribution is 2.13. The van der Waals surface area contributed by atoms with Crippen LogP contribution in [-0.4, -0.2) is 15.9 Å². The van der Waals surface area contributed by atoms with Gasteiger partial charge in [-0.05, 0) is 24.6 Å². The minimum atomic E-state index is -0.356. The number of nitrogens with one attached hydrogen (secondary N) is 1. The maximum atomic E-state index is 12.8. The molecular formula is C13H13FN4O. The lowest BCUT2D eigenvalue weighted by Gasteiger charge is -2.14. The maximum absolute atomic E-state index is 12.8. The number of aromatic nitrogens is 2. The molecule has 0 radical (unpaired) electrons. The van der Waals surface area contributed by atoms with Crippen molar-refractivity contribution < 1.29 is 9.18 Å². The highest BCUT2D eigenvalue weighted by molar-refractivity contribution is 5.93. The molecule has 0 fully saturated rings. The number of halogens is 1. The number of amides is 1. The summed E-state index contributed by atoms with van der Waals surface area (Å²) in [7, 11) is 0. The lowest BCUT2D eigenvalue weighted by atomic mass is 10.1. The van der Waals surface area contributed by atoms with E-state index in [9.17, 15) is 9.18 Å². The van der Waals surface area contributed by atoms with Gasteiger partial charge in [-0.3, -0.25) is 4.79 Å². The number of rotatable bonds is 3. The van der Waals surface area contributed by atoms with Gasteiger partial charge in [0, 0.05) is 6.07 Å². The topological polar surface area (TPSA) is 80.9 Å². The Morgan fingerprint density at radius 1 is 1.32 bits per heavy atom. The van der Waals surface area contributed by atoms with Crippen molar-refractivity contribution in [2.45, 2.75) is 13.0 Å². The first kappa shape index (κ1) is 12.9. The van der Waals surface area contributed by atoms with Crippen LogP contribution in [0.15, 0.2) is 36.7 Å². The second-order valence-corrected chi connectivity index (χ2v) is 4.07. The number of anilines is 1. The smallest absolute Gasteiger partial charge is 0.270 e. The number of carbonyl (C=O) groups excluding carboxylic acids is 1. The van der Waals surface area contributed by atoms with E-state index in [4.69, 9.17) is 5.73 Å². The van der Waals surface area contributed by atoms with Gasteiger partial charge in [0.1, 0.15) is 23.7 Å². The summed E-state index contributed by atoms with van der Waals surface area (Å²) >= 11 is 0. The summed E-state index contributed by atoms with van der Waals surface area (Å²) < 4.78 is 12.8. The molecule has 1 heterocycles. The van der Waals surface area contributed by atoms with Crippen LogP contribution in [0.3, 0.4) is 0 Å². The Bertz CT molecular complexity index is 585. The molecule has 0 aliphatic rings. The molecule has 0 spiro atoms. The molecule has 0 saturated heterocycles. The van der Waals surface area contributed by atoms with E-state index in [2.05, 4.69) is 15.3 Å². The molecule has 0 bridgehead atoms. The number of nitrogens with zero attached hydrogens (tertiary/aromatic N) is 2. The van der Waals surface area contributed by atoms with E-state index < -0.39 is 0 Å². The van der Waals surface area contributed by atoms with Crippen LogP contribution in [0, 0.1) is 5.82 Å². The summed E-state index contributed by atoms with van der Waals surface area (Å²) in [5.41, 5.74) is 6.48. The van der Waals surface area contributed by atoms with Crippen molar-refractivity contribution in [1.29, 1.82) is 0 Å². The number of benzene rings is 1. The molecule has 19 heavy (non-hydrogen) atoms. The second-order valence-electron chi connectivity index (χ2n) is 4.07. The number of nitrogen functional groups attached to an aromatic ring is 1. The second kappa shape index (κ2) is 5.43. The first-order chi connectivity index (χ1) is 9.06. The molecule has 98 valence electrons. The quantitative estimate of drug-likeness (QED) is 0.880. The molecule has 0 saturated carbocycles. The Kier molecular flexibility index (Phi) is 3.70. The number of hydrogen-bond donors (Lipinski definition) is 2. The van der Waals surface area contributed by atoms with Crippen molar-refractivity contribution in [3.05, 3.63) is 53.7 Å². The minimum Gasteiger partial charge on any atom is -0.384 e. The lowest BCUT2D eigenvalue weighted by molar-refractivity contribution is 0.0934. The summed E-state index contributed by atoms with van der Waals surface area (Å²) in [6.07, 6.45) is 1.23. The van der Waals surface area contributed by atoms with Gasteiger partial charge in [0.25, 0.3) is 5.91 Å². The molecule has 1 amide bonds. The fourth-order valence-electron chi connectivity index (χ4n) is 1.60. The SMILES string of the molecule is CC(NC(=O)c1cc(N)ncn1)c1ccc(F)cc1. The van der Waals surface area contributed by atoms with E-state index in [1.54, 1.807) is 19.1 Å². The molecule has 0 aliphatic carbocycles. The zero-order valence-corrected chi connectivity index (χ0v) is 10.3. The molecule has 0 aliphatic heterocycles.